The van der Waals surface area contributed by atoms with Gasteiger partial charge in [0.15, 0.2) is 5.41 Å². The number of aromatic amines is 1. The molecule has 0 saturated heterocycles. The topological polar surface area (TPSA) is 107 Å². The molecular formula is C20H20ClN3O4. The minimum absolute atomic E-state index is 0.0276. The normalized spacial score (nSPS) is 13.1. The van der Waals surface area contributed by atoms with E-state index >= 15 is 0 Å². The monoisotopic (exact) mass is 401 g/mol. The molecule has 0 fully saturated rings. The molecular weight excluding hydrogens is 382 g/mol. The number of H-pyrrole nitrogens is 1. The van der Waals surface area contributed by atoms with Crippen LogP contribution >= 0.6 is 11.6 Å². The van der Waals surface area contributed by atoms with Gasteiger partial charge < -0.3 is 9.57 Å². The number of hydrogen-bond acceptors (Lipinski definition) is 6. The van der Waals surface area contributed by atoms with Gasteiger partial charge in [-0.25, -0.2) is 4.79 Å². The van der Waals surface area contributed by atoms with Crippen molar-refractivity contribution in [1.82, 2.24) is 10.2 Å². The second-order valence-electron chi connectivity index (χ2n) is 6.64. The Hall–Kier alpha value is -2.90. The first kappa shape index (κ1) is 19.9. The smallest absolute Gasteiger partial charge is 0.341 e. The molecule has 0 spiro atoms. The highest BCUT2D eigenvalue weighted by Gasteiger charge is 2.45. The van der Waals surface area contributed by atoms with Gasteiger partial charge >= 0.3 is 11.9 Å². The number of carbonyl (C=O) groups excluding carboxylic acids is 2. The van der Waals surface area contributed by atoms with Gasteiger partial charge in [-0.3, -0.25) is 9.89 Å². The number of hydrogen-bond donors (Lipinski definition) is 2. The van der Waals surface area contributed by atoms with Crippen molar-refractivity contribution in [2.24, 2.45) is 11.3 Å². The van der Waals surface area contributed by atoms with Crippen LogP contribution in [0.3, 0.4) is 0 Å². The third-order valence-corrected chi connectivity index (χ3v) is 5.00. The molecule has 1 aromatic heterocycles. The van der Waals surface area contributed by atoms with Crippen LogP contribution in [0.15, 0.2) is 48.7 Å². The summed E-state index contributed by atoms with van der Waals surface area (Å²) in [4.78, 5) is 29.6. The highest BCUT2D eigenvalue weighted by Crippen LogP contribution is 2.31. The van der Waals surface area contributed by atoms with Crippen molar-refractivity contribution in [3.8, 4) is 0 Å². The molecule has 0 radical (unpaired) electrons. The zero-order valence-electron chi connectivity index (χ0n) is 15.3. The second kappa shape index (κ2) is 8.41. The van der Waals surface area contributed by atoms with Crippen molar-refractivity contribution in [3.63, 3.8) is 0 Å². The Labute approximate surface area is 166 Å². The molecule has 0 aliphatic carbocycles. The predicted molar refractivity (Wildman–Crippen MR) is 104 cm³/mol. The first-order valence-electron chi connectivity index (χ1n) is 8.61. The largest absolute Gasteiger partial charge is 0.460 e. The number of nitrogens with zero attached hydrogens (tertiary/aromatic N) is 1. The third-order valence-electron chi connectivity index (χ3n) is 4.73. The fraction of sp³-hybridized carbons (Fsp3) is 0.250. The molecule has 8 heteroatoms. The number of halogens is 1. The first-order valence-corrected chi connectivity index (χ1v) is 9.15. The van der Waals surface area contributed by atoms with Crippen LogP contribution in [0.25, 0.3) is 10.9 Å². The fourth-order valence-electron chi connectivity index (χ4n) is 3.07. The standard InChI is InChI=1S/C20H20ClN3O4/c1-20(19(26)28-22,18(25)27-12-13-5-3-2-4-6-13)9-14-7-8-17-16(11-23-24-17)15(14)10-21/h2-8,11H,9-10,12,22H2,1H3,(H,23,24). The van der Waals surface area contributed by atoms with E-state index < -0.39 is 17.4 Å². The fourth-order valence-corrected chi connectivity index (χ4v) is 3.38. The maximum Gasteiger partial charge on any atom is 0.341 e. The molecule has 0 saturated carbocycles. The van der Waals surface area contributed by atoms with Gasteiger partial charge in [-0.2, -0.15) is 11.0 Å². The van der Waals surface area contributed by atoms with Gasteiger partial charge in [-0.15, -0.1) is 11.6 Å². The Morgan fingerprint density at radius 3 is 2.61 bits per heavy atom. The number of carbonyl (C=O) groups is 2. The van der Waals surface area contributed by atoms with Crippen molar-refractivity contribution in [2.75, 3.05) is 0 Å². The maximum absolute atomic E-state index is 12.8. The summed E-state index contributed by atoms with van der Waals surface area (Å²) in [5, 5.41) is 7.71. The Balaban J connectivity index is 1.89. The Kier molecular flexibility index (Phi) is 5.96. The van der Waals surface area contributed by atoms with Crippen LogP contribution in [0.4, 0.5) is 0 Å². The average Bonchev–Trinajstić information content (AvgIpc) is 3.20. The lowest BCUT2D eigenvalue weighted by Gasteiger charge is -2.25. The summed E-state index contributed by atoms with van der Waals surface area (Å²) in [6.45, 7) is 1.49. The number of alkyl halides is 1. The Morgan fingerprint density at radius 1 is 1.18 bits per heavy atom. The molecule has 3 N–H and O–H groups in total. The van der Waals surface area contributed by atoms with E-state index in [4.69, 9.17) is 22.2 Å². The van der Waals surface area contributed by atoms with Gasteiger partial charge in [0.2, 0.25) is 0 Å². The first-order chi connectivity index (χ1) is 13.5. The third kappa shape index (κ3) is 3.85. The van der Waals surface area contributed by atoms with E-state index in [1.807, 2.05) is 36.4 Å². The van der Waals surface area contributed by atoms with Gasteiger partial charge in [0, 0.05) is 11.3 Å². The number of ether oxygens (including phenoxy) is 1. The van der Waals surface area contributed by atoms with Crippen LogP contribution in [0.2, 0.25) is 0 Å². The minimum atomic E-state index is -1.62. The number of esters is 1. The van der Waals surface area contributed by atoms with Crippen molar-refractivity contribution in [2.45, 2.75) is 25.8 Å². The molecule has 7 nitrogen and oxygen atoms in total. The van der Waals surface area contributed by atoms with Crippen LogP contribution in [0.5, 0.6) is 0 Å². The maximum atomic E-state index is 12.8. The molecule has 0 amide bonds. The number of fused-ring (bicyclic) bond motifs is 1. The van der Waals surface area contributed by atoms with E-state index in [9.17, 15) is 9.59 Å². The Morgan fingerprint density at radius 2 is 1.93 bits per heavy atom. The molecule has 0 bridgehead atoms. The summed E-state index contributed by atoms with van der Waals surface area (Å²) < 4.78 is 5.39. The lowest BCUT2D eigenvalue weighted by Crippen LogP contribution is -2.42. The molecule has 1 heterocycles. The molecule has 1 atom stereocenters. The van der Waals surface area contributed by atoms with Crippen molar-refractivity contribution in [3.05, 3.63) is 65.4 Å². The van der Waals surface area contributed by atoms with Crippen molar-refractivity contribution < 1.29 is 19.2 Å². The van der Waals surface area contributed by atoms with Crippen LogP contribution in [-0.2, 0) is 38.1 Å². The summed E-state index contributed by atoms with van der Waals surface area (Å²) in [7, 11) is 0. The SMILES string of the molecule is CC(Cc1ccc2[nH]ncc2c1CCl)(C(=O)ON)C(=O)OCc1ccccc1. The minimum Gasteiger partial charge on any atom is -0.460 e. The molecule has 3 aromatic rings. The lowest BCUT2D eigenvalue weighted by atomic mass is 9.82. The van der Waals surface area contributed by atoms with Crippen LogP contribution in [-0.4, -0.2) is 22.1 Å². The van der Waals surface area contributed by atoms with Gasteiger partial charge in [0.05, 0.1) is 11.7 Å². The summed E-state index contributed by atoms with van der Waals surface area (Å²) in [5.41, 5.74) is 1.49. The molecule has 28 heavy (non-hydrogen) atoms. The number of nitrogens with two attached hydrogens (primary N) is 1. The molecule has 146 valence electrons. The van der Waals surface area contributed by atoms with Gasteiger partial charge in [0.1, 0.15) is 6.61 Å². The lowest BCUT2D eigenvalue weighted by molar-refractivity contribution is -0.172. The van der Waals surface area contributed by atoms with E-state index in [0.29, 0.717) is 5.56 Å². The Bertz CT molecular complexity index is 990. The summed E-state index contributed by atoms with van der Waals surface area (Å²) in [6.07, 6.45) is 1.68. The second-order valence-corrected chi connectivity index (χ2v) is 6.91. The summed E-state index contributed by atoms with van der Waals surface area (Å²) in [5.74, 6) is 3.70. The van der Waals surface area contributed by atoms with Crippen LogP contribution < -0.4 is 5.90 Å². The summed E-state index contributed by atoms with van der Waals surface area (Å²) in [6, 6.07) is 12.8. The van der Waals surface area contributed by atoms with Crippen molar-refractivity contribution >= 4 is 34.4 Å². The molecule has 3 rings (SSSR count). The number of aromatic nitrogens is 2. The van der Waals surface area contributed by atoms with Crippen LogP contribution in [0, 0.1) is 5.41 Å². The highest BCUT2D eigenvalue weighted by molar-refractivity contribution is 6.18. The highest BCUT2D eigenvalue weighted by atomic mass is 35.5. The number of nitrogens with one attached hydrogen (secondary N) is 1. The van der Waals surface area contributed by atoms with E-state index in [1.54, 1.807) is 12.3 Å². The quantitative estimate of drug-likeness (QED) is 0.273. The molecule has 0 aliphatic rings. The molecule has 0 aliphatic heterocycles. The van der Waals surface area contributed by atoms with Crippen molar-refractivity contribution in [1.29, 1.82) is 0 Å². The van der Waals surface area contributed by atoms with E-state index in [2.05, 4.69) is 15.0 Å². The van der Waals surface area contributed by atoms with E-state index in [-0.39, 0.29) is 18.9 Å². The van der Waals surface area contributed by atoms with E-state index in [0.717, 1.165) is 22.0 Å². The van der Waals surface area contributed by atoms with Gasteiger partial charge in [-0.1, -0.05) is 36.4 Å². The predicted octanol–water partition coefficient (Wildman–Crippen LogP) is 3.01. The van der Waals surface area contributed by atoms with Gasteiger partial charge in [0.25, 0.3) is 0 Å². The van der Waals surface area contributed by atoms with Crippen LogP contribution in [0.1, 0.15) is 23.6 Å². The summed E-state index contributed by atoms with van der Waals surface area (Å²) >= 11 is 6.13. The molecule has 1 unspecified atom stereocenters. The average molecular weight is 402 g/mol. The van der Waals surface area contributed by atoms with Gasteiger partial charge in [-0.05, 0) is 36.1 Å². The zero-order chi connectivity index (χ0) is 20.1. The zero-order valence-corrected chi connectivity index (χ0v) is 16.0. The number of benzene rings is 2. The molecule has 2 aromatic carbocycles. The number of rotatable bonds is 7. The van der Waals surface area contributed by atoms with E-state index in [1.165, 1.54) is 6.92 Å².